The molecule has 1 heterocycles. The third-order valence-corrected chi connectivity index (χ3v) is 6.99. The van der Waals surface area contributed by atoms with E-state index < -0.39 is 11.8 Å². The summed E-state index contributed by atoms with van der Waals surface area (Å²) in [4.78, 5) is 24.9. The Morgan fingerprint density at radius 3 is 2.63 bits per heavy atom. The number of anilines is 1. The van der Waals surface area contributed by atoms with Crippen LogP contribution >= 0.6 is 55.4 Å². The first kappa shape index (κ1) is 22.7. The normalized spacial score (nSPS) is 10.7. The highest BCUT2D eigenvalue weighted by Gasteiger charge is 2.18. The molecule has 30 heavy (non-hydrogen) atoms. The predicted octanol–water partition coefficient (Wildman–Crippen LogP) is 5.03. The van der Waals surface area contributed by atoms with Crippen LogP contribution in [0.1, 0.15) is 20.8 Å². The van der Waals surface area contributed by atoms with E-state index in [0.717, 1.165) is 30.2 Å². The van der Waals surface area contributed by atoms with Crippen molar-refractivity contribution in [2.45, 2.75) is 13.8 Å². The number of thiophene rings is 1. The smallest absolute Gasteiger partial charge is 0.264 e. The molecule has 4 N–H and O–H groups in total. The van der Waals surface area contributed by atoms with E-state index in [4.69, 9.17) is 22.7 Å². The number of hydrogen-bond donors (Lipinski definition) is 3. The van der Waals surface area contributed by atoms with Gasteiger partial charge in [0, 0.05) is 9.35 Å². The number of amides is 2. The lowest BCUT2D eigenvalue weighted by atomic mass is 10.1. The maximum absolute atomic E-state index is 12.3. The van der Waals surface area contributed by atoms with Gasteiger partial charge in [0.25, 0.3) is 11.8 Å². The highest BCUT2D eigenvalue weighted by molar-refractivity contribution is 9.11. The van der Waals surface area contributed by atoms with Crippen molar-refractivity contribution < 1.29 is 14.3 Å². The standard InChI is InChI=1S/C20H17Br2N3O3S2/c1-9-10(2)30-19(16(9)18(23)27)25-20(29)24-15(26)8-28-14-6-3-11-7-12(21)4-5-13(11)17(14)22/h3-7H,8H2,1-2H3,(H2,23,27)(H2,24,25,26,29). The van der Waals surface area contributed by atoms with Crippen molar-refractivity contribution in [3.05, 3.63) is 55.3 Å². The number of ether oxygens (including phenoxy) is 1. The largest absolute Gasteiger partial charge is 0.483 e. The molecule has 0 saturated heterocycles. The van der Waals surface area contributed by atoms with Crippen molar-refractivity contribution in [3.8, 4) is 5.75 Å². The summed E-state index contributed by atoms with van der Waals surface area (Å²) in [7, 11) is 0. The molecule has 0 saturated carbocycles. The van der Waals surface area contributed by atoms with Crippen LogP contribution in [0.3, 0.4) is 0 Å². The van der Waals surface area contributed by atoms with Gasteiger partial charge < -0.3 is 15.8 Å². The number of thiocarbonyl (C=S) groups is 1. The van der Waals surface area contributed by atoms with Gasteiger partial charge in [-0.25, -0.2) is 0 Å². The average Bonchev–Trinajstić information content (AvgIpc) is 2.94. The molecule has 6 nitrogen and oxygen atoms in total. The number of nitrogens with two attached hydrogens (primary N) is 1. The van der Waals surface area contributed by atoms with Crippen LogP contribution in [0.4, 0.5) is 5.00 Å². The molecule has 2 aromatic carbocycles. The van der Waals surface area contributed by atoms with Gasteiger partial charge in [0.15, 0.2) is 11.7 Å². The second kappa shape index (κ2) is 9.42. The van der Waals surface area contributed by atoms with Crippen molar-refractivity contribution in [2.75, 3.05) is 11.9 Å². The van der Waals surface area contributed by atoms with E-state index in [9.17, 15) is 9.59 Å². The number of nitrogens with one attached hydrogen (secondary N) is 2. The molecule has 0 aliphatic heterocycles. The summed E-state index contributed by atoms with van der Waals surface area (Å²) in [5, 5.41) is 7.99. The fraction of sp³-hybridized carbons (Fsp3) is 0.150. The van der Waals surface area contributed by atoms with Crippen LogP contribution in [0.5, 0.6) is 5.75 Å². The summed E-state index contributed by atoms with van der Waals surface area (Å²) < 4.78 is 7.38. The van der Waals surface area contributed by atoms with Crippen LogP contribution in [0.25, 0.3) is 10.8 Å². The molecule has 0 spiro atoms. The van der Waals surface area contributed by atoms with E-state index in [1.807, 2.05) is 38.1 Å². The number of halogens is 2. The van der Waals surface area contributed by atoms with Crippen LogP contribution in [0, 0.1) is 13.8 Å². The van der Waals surface area contributed by atoms with Gasteiger partial charge in [0.2, 0.25) is 0 Å². The first-order valence-electron chi connectivity index (χ1n) is 8.68. The molecular formula is C20H17Br2N3O3S2. The highest BCUT2D eigenvalue weighted by Crippen LogP contribution is 2.34. The number of hydrogen-bond acceptors (Lipinski definition) is 5. The molecule has 0 radical (unpaired) electrons. The zero-order valence-electron chi connectivity index (χ0n) is 16.0. The van der Waals surface area contributed by atoms with E-state index >= 15 is 0 Å². The van der Waals surface area contributed by atoms with Gasteiger partial charge in [-0.1, -0.05) is 28.1 Å². The lowest BCUT2D eigenvalue weighted by Gasteiger charge is -2.12. The van der Waals surface area contributed by atoms with Crippen LogP contribution in [0.15, 0.2) is 39.3 Å². The van der Waals surface area contributed by atoms with E-state index in [-0.39, 0.29) is 11.7 Å². The molecule has 10 heteroatoms. The number of aryl methyl sites for hydroxylation is 1. The van der Waals surface area contributed by atoms with Crippen molar-refractivity contribution >= 4 is 88.1 Å². The Morgan fingerprint density at radius 2 is 1.93 bits per heavy atom. The van der Waals surface area contributed by atoms with E-state index in [1.165, 1.54) is 11.3 Å². The molecule has 0 fully saturated rings. The van der Waals surface area contributed by atoms with Gasteiger partial charge in [-0.2, -0.15) is 0 Å². The number of carbonyl (C=O) groups excluding carboxylic acids is 2. The Kier molecular flexibility index (Phi) is 7.12. The monoisotopic (exact) mass is 569 g/mol. The van der Waals surface area contributed by atoms with Gasteiger partial charge >= 0.3 is 0 Å². The predicted molar refractivity (Wildman–Crippen MR) is 132 cm³/mol. The third-order valence-electron chi connectivity index (χ3n) is 4.35. The summed E-state index contributed by atoms with van der Waals surface area (Å²) in [5.74, 6) is -0.440. The maximum Gasteiger partial charge on any atom is 0.264 e. The minimum atomic E-state index is -0.551. The van der Waals surface area contributed by atoms with Crippen LogP contribution < -0.4 is 21.1 Å². The molecule has 156 valence electrons. The third kappa shape index (κ3) is 5.00. The van der Waals surface area contributed by atoms with E-state index in [0.29, 0.717) is 16.3 Å². The lowest BCUT2D eigenvalue weighted by molar-refractivity contribution is -0.121. The Labute approximate surface area is 199 Å². The Balaban J connectivity index is 1.63. The first-order valence-corrected chi connectivity index (χ1v) is 11.5. The second-order valence-electron chi connectivity index (χ2n) is 6.39. The minimum Gasteiger partial charge on any atom is -0.483 e. The molecular weight excluding hydrogens is 554 g/mol. The Hall–Kier alpha value is -2.01. The molecule has 3 aromatic rings. The van der Waals surface area contributed by atoms with Crippen molar-refractivity contribution in [1.82, 2.24) is 5.32 Å². The highest BCUT2D eigenvalue weighted by atomic mass is 79.9. The quantitative estimate of drug-likeness (QED) is 0.374. The SMILES string of the molecule is Cc1sc(NC(=S)NC(=O)COc2ccc3cc(Br)ccc3c2Br)c(C(N)=O)c1C. The van der Waals surface area contributed by atoms with Gasteiger partial charge in [-0.15, -0.1) is 11.3 Å². The molecule has 0 atom stereocenters. The number of fused-ring (bicyclic) bond motifs is 1. The zero-order valence-corrected chi connectivity index (χ0v) is 20.8. The molecule has 1 aromatic heterocycles. The number of carbonyl (C=O) groups is 2. The summed E-state index contributed by atoms with van der Waals surface area (Å²) in [6, 6.07) is 9.59. The minimum absolute atomic E-state index is 0.0646. The second-order valence-corrected chi connectivity index (χ2v) is 9.73. The summed E-state index contributed by atoms with van der Waals surface area (Å²) >= 11 is 13.5. The first-order chi connectivity index (χ1) is 14.2. The summed E-state index contributed by atoms with van der Waals surface area (Å²) in [6.07, 6.45) is 0. The van der Waals surface area contributed by atoms with Crippen molar-refractivity contribution in [3.63, 3.8) is 0 Å². The molecule has 3 rings (SSSR count). The molecule has 0 bridgehead atoms. The van der Waals surface area contributed by atoms with Gasteiger partial charge in [0.1, 0.15) is 10.8 Å². The average molecular weight is 571 g/mol. The lowest BCUT2D eigenvalue weighted by Crippen LogP contribution is -2.37. The van der Waals surface area contributed by atoms with Crippen LogP contribution in [-0.4, -0.2) is 23.5 Å². The Bertz CT molecular complexity index is 1180. The fourth-order valence-electron chi connectivity index (χ4n) is 2.81. The Morgan fingerprint density at radius 1 is 1.20 bits per heavy atom. The van der Waals surface area contributed by atoms with Crippen LogP contribution in [-0.2, 0) is 4.79 Å². The topological polar surface area (TPSA) is 93.4 Å². The van der Waals surface area contributed by atoms with Crippen molar-refractivity contribution in [1.29, 1.82) is 0 Å². The van der Waals surface area contributed by atoms with Gasteiger partial charge in [-0.3, -0.25) is 14.9 Å². The van der Waals surface area contributed by atoms with E-state index in [2.05, 4.69) is 42.5 Å². The maximum atomic E-state index is 12.3. The fourth-order valence-corrected chi connectivity index (χ4v) is 5.14. The summed E-state index contributed by atoms with van der Waals surface area (Å²) in [5.41, 5.74) is 6.61. The van der Waals surface area contributed by atoms with E-state index in [1.54, 1.807) is 6.07 Å². The van der Waals surface area contributed by atoms with Crippen LogP contribution in [0.2, 0.25) is 0 Å². The summed E-state index contributed by atoms with van der Waals surface area (Å²) in [6.45, 7) is 3.47. The number of rotatable bonds is 5. The molecule has 2 amide bonds. The van der Waals surface area contributed by atoms with Gasteiger partial charge in [-0.05, 0) is 76.5 Å². The zero-order chi connectivity index (χ0) is 22.0. The number of primary amides is 1. The van der Waals surface area contributed by atoms with Gasteiger partial charge in [0.05, 0.1) is 10.0 Å². The molecule has 0 aliphatic rings. The molecule has 0 unspecified atom stereocenters. The van der Waals surface area contributed by atoms with Crippen molar-refractivity contribution in [2.24, 2.45) is 5.73 Å². The number of benzene rings is 2. The molecule has 0 aliphatic carbocycles.